The maximum absolute atomic E-state index is 11.4. The number of aryl methyl sites for hydroxylation is 1. The van der Waals surface area contributed by atoms with E-state index in [0.29, 0.717) is 0 Å². The van der Waals surface area contributed by atoms with E-state index in [9.17, 15) is 4.79 Å². The van der Waals surface area contributed by atoms with Crippen LogP contribution in [0, 0.1) is 0 Å². The number of nitrogens with one attached hydrogen (secondary N) is 1. The number of rotatable bonds is 5. The highest BCUT2D eigenvalue weighted by Crippen LogP contribution is 2.23. The lowest BCUT2D eigenvalue weighted by atomic mass is 10.1. The molecule has 0 heterocycles. The highest BCUT2D eigenvalue weighted by Gasteiger charge is 2.07. The Kier molecular flexibility index (Phi) is 5.48. The van der Waals surface area contributed by atoms with Crippen LogP contribution < -0.4 is 10.1 Å². The van der Waals surface area contributed by atoms with Crippen LogP contribution >= 0.6 is 15.9 Å². The summed E-state index contributed by atoms with van der Waals surface area (Å²) in [5.41, 5.74) is 1.09. The molecule has 0 radical (unpaired) electrons. The molecule has 4 heteroatoms. The molecule has 0 saturated carbocycles. The largest absolute Gasteiger partial charge is 0.483 e. The van der Waals surface area contributed by atoms with Crippen molar-refractivity contribution >= 4 is 21.8 Å². The van der Waals surface area contributed by atoms with E-state index in [1.807, 2.05) is 32.0 Å². The van der Waals surface area contributed by atoms with Crippen molar-refractivity contribution in [3.8, 4) is 5.75 Å². The van der Waals surface area contributed by atoms with Gasteiger partial charge >= 0.3 is 0 Å². The predicted molar refractivity (Wildman–Crippen MR) is 72.3 cm³/mol. The average Bonchev–Trinajstić information content (AvgIpc) is 2.26. The third-order valence-corrected chi connectivity index (χ3v) is 2.71. The second kappa shape index (κ2) is 6.64. The maximum atomic E-state index is 11.4. The van der Waals surface area contributed by atoms with Crippen molar-refractivity contribution < 1.29 is 9.53 Å². The molecule has 1 amide bonds. The van der Waals surface area contributed by atoms with E-state index in [2.05, 4.69) is 28.2 Å². The number of carbonyl (C=O) groups is 1. The van der Waals surface area contributed by atoms with E-state index in [4.69, 9.17) is 4.74 Å². The molecule has 3 nitrogen and oxygen atoms in total. The molecule has 0 saturated heterocycles. The SMILES string of the molecule is CCc1cc(Br)ccc1OCC(=O)NC(C)C. The number of ether oxygens (including phenoxy) is 1. The van der Waals surface area contributed by atoms with Crippen LogP contribution in [0.2, 0.25) is 0 Å². The van der Waals surface area contributed by atoms with Gasteiger partial charge in [-0.3, -0.25) is 4.79 Å². The maximum Gasteiger partial charge on any atom is 0.258 e. The van der Waals surface area contributed by atoms with Crippen molar-refractivity contribution in [3.63, 3.8) is 0 Å². The lowest BCUT2D eigenvalue weighted by molar-refractivity contribution is -0.123. The first-order valence-corrected chi connectivity index (χ1v) is 6.52. The summed E-state index contributed by atoms with van der Waals surface area (Å²) >= 11 is 3.42. The number of benzene rings is 1. The lowest BCUT2D eigenvalue weighted by Gasteiger charge is -2.12. The summed E-state index contributed by atoms with van der Waals surface area (Å²) in [6.07, 6.45) is 0.876. The van der Waals surface area contributed by atoms with Crippen LogP contribution in [0.1, 0.15) is 26.3 Å². The fourth-order valence-electron chi connectivity index (χ4n) is 1.47. The van der Waals surface area contributed by atoms with Gasteiger partial charge in [0.15, 0.2) is 6.61 Å². The van der Waals surface area contributed by atoms with Crippen LogP contribution in [0.25, 0.3) is 0 Å². The number of hydrogen-bond donors (Lipinski definition) is 1. The number of carbonyl (C=O) groups excluding carboxylic acids is 1. The molecule has 0 spiro atoms. The quantitative estimate of drug-likeness (QED) is 0.908. The highest BCUT2D eigenvalue weighted by molar-refractivity contribution is 9.10. The van der Waals surface area contributed by atoms with Crippen molar-refractivity contribution in [2.45, 2.75) is 33.2 Å². The molecule has 94 valence electrons. The van der Waals surface area contributed by atoms with E-state index >= 15 is 0 Å². The summed E-state index contributed by atoms with van der Waals surface area (Å²) in [6.45, 7) is 5.97. The van der Waals surface area contributed by atoms with Gasteiger partial charge in [-0.15, -0.1) is 0 Å². The third kappa shape index (κ3) is 4.77. The molecule has 0 bridgehead atoms. The first-order valence-electron chi connectivity index (χ1n) is 5.73. The topological polar surface area (TPSA) is 38.3 Å². The van der Waals surface area contributed by atoms with Gasteiger partial charge in [0.2, 0.25) is 0 Å². The Labute approximate surface area is 111 Å². The Morgan fingerprint density at radius 1 is 1.47 bits per heavy atom. The summed E-state index contributed by atoms with van der Waals surface area (Å²) < 4.78 is 6.53. The first kappa shape index (κ1) is 14.0. The molecule has 0 aliphatic heterocycles. The second-order valence-electron chi connectivity index (χ2n) is 4.12. The minimum Gasteiger partial charge on any atom is -0.483 e. The monoisotopic (exact) mass is 299 g/mol. The Balaban J connectivity index is 2.60. The van der Waals surface area contributed by atoms with E-state index < -0.39 is 0 Å². The highest BCUT2D eigenvalue weighted by atomic mass is 79.9. The van der Waals surface area contributed by atoms with Crippen molar-refractivity contribution in [2.75, 3.05) is 6.61 Å². The molecule has 1 N–H and O–H groups in total. The molecule has 0 atom stereocenters. The summed E-state index contributed by atoms with van der Waals surface area (Å²) in [5.74, 6) is 0.680. The molecule has 17 heavy (non-hydrogen) atoms. The fraction of sp³-hybridized carbons (Fsp3) is 0.462. The first-order chi connectivity index (χ1) is 8.02. The van der Waals surface area contributed by atoms with Crippen LogP contribution in [0.3, 0.4) is 0 Å². The van der Waals surface area contributed by atoms with Gasteiger partial charge in [0, 0.05) is 10.5 Å². The van der Waals surface area contributed by atoms with Crippen LogP contribution in [-0.2, 0) is 11.2 Å². The lowest BCUT2D eigenvalue weighted by Crippen LogP contribution is -2.34. The average molecular weight is 300 g/mol. The molecule has 1 rings (SSSR count). The Morgan fingerprint density at radius 3 is 2.76 bits per heavy atom. The number of halogens is 1. The summed E-state index contributed by atoms with van der Waals surface area (Å²) in [7, 11) is 0. The molecule has 1 aromatic carbocycles. The van der Waals surface area contributed by atoms with E-state index in [0.717, 1.165) is 22.2 Å². The van der Waals surface area contributed by atoms with Crippen molar-refractivity contribution in [1.29, 1.82) is 0 Å². The summed E-state index contributed by atoms with van der Waals surface area (Å²) in [6, 6.07) is 5.94. The van der Waals surface area contributed by atoms with Gasteiger partial charge in [-0.2, -0.15) is 0 Å². The van der Waals surface area contributed by atoms with E-state index in [-0.39, 0.29) is 18.6 Å². The molecule has 0 aliphatic carbocycles. The minimum atomic E-state index is -0.0926. The van der Waals surface area contributed by atoms with Gasteiger partial charge < -0.3 is 10.1 Å². The summed E-state index contributed by atoms with van der Waals surface area (Å²) in [4.78, 5) is 11.4. The molecular weight excluding hydrogens is 282 g/mol. The van der Waals surface area contributed by atoms with Crippen molar-refractivity contribution in [3.05, 3.63) is 28.2 Å². The van der Waals surface area contributed by atoms with E-state index in [1.165, 1.54) is 0 Å². The standard InChI is InChI=1S/C13H18BrNO2/c1-4-10-7-11(14)5-6-12(10)17-8-13(16)15-9(2)3/h5-7,9H,4,8H2,1-3H3,(H,15,16). The van der Waals surface area contributed by atoms with Gasteiger partial charge in [0.1, 0.15) is 5.75 Å². The van der Waals surface area contributed by atoms with Gasteiger partial charge in [0.25, 0.3) is 5.91 Å². The van der Waals surface area contributed by atoms with Gasteiger partial charge in [0.05, 0.1) is 0 Å². The van der Waals surface area contributed by atoms with Crippen LogP contribution in [0.4, 0.5) is 0 Å². The van der Waals surface area contributed by atoms with Gasteiger partial charge in [-0.25, -0.2) is 0 Å². The van der Waals surface area contributed by atoms with Gasteiger partial charge in [-0.05, 0) is 44.0 Å². The van der Waals surface area contributed by atoms with Crippen LogP contribution in [-0.4, -0.2) is 18.6 Å². The number of amides is 1. The molecule has 1 aromatic rings. The third-order valence-electron chi connectivity index (χ3n) is 2.21. The zero-order valence-corrected chi connectivity index (χ0v) is 12.0. The second-order valence-corrected chi connectivity index (χ2v) is 5.03. The zero-order chi connectivity index (χ0) is 12.8. The Bertz CT molecular complexity index is 391. The minimum absolute atomic E-state index is 0.0623. The van der Waals surface area contributed by atoms with Gasteiger partial charge in [-0.1, -0.05) is 22.9 Å². The molecule has 0 fully saturated rings. The normalized spacial score (nSPS) is 10.4. The Hall–Kier alpha value is -1.03. The van der Waals surface area contributed by atoms with Crippen molar-refractivity contribution in [1.82, 2.24) is 5.32 Å². The zero-order valence-electron chi connectivity index (χ0n) is 10.4. The molecule has 0 unspecified atom stereocenters. The van der Waals surface area contributed by atoms with Crippen molar-refractivity contribution in [2.24, 2.45) is 0 Å². The predicted octanol–water partition coefficient (Wildman–Crippen LogP) is 2.91. The molecule has 0 aromatic heterocycles. The smallest absolute Gasteiger partial charge is 0.258 e. The fourth-order valence-corrected chi connectivity index (χ4v) is 1.88. The van der Waals surface area contributed by atoms with Crippen LogP contribution in [0.15, 0.2) is 22.7 Å². The molecule has 0 aliphatic rings. The Morgan fingerprint density at radius 2 is 2.18 bits per heavy atom. The van der Waals surface area contributed by atoms with E-state index in [1.54, 1.807) is 0 Å². The van der Waals surface area contributed by atoms with Crippen LogP contribution in [0.5, 0.6) is 5.75 Å². The summed E-state index contributed by atoms with van der Waals surface area (Å²) in [5, 5.41) is 2.79. The molecular formula is C13H18BrNO2. The number of hydrogen-bond acceptors (Lipinski definition) is 2.